The molecular formula is C7H13NO2S. The fourth-order valence-corrected chi connectivity index (χ4v) is 4.38. The van der Waals surface area contributed by atoms with Gasteiger partial charge in [-0.3, -0.25) is 0 Å². The van der Waals surface area contributed by atoms with Gasteiger partial charge in [-0.1, -0.05) is 0 Å². The Morgan fingerprint density at radius 1 is 1.18 bits per heavy atom. The van der Waals surface area contributed by atoms with Crippen molar-refractivity contribution in [3.05, 3.63) is 0 Å². The van der Waals surface area contributed by atoms with Crippen molar-refractivity contribution in [3.8, 4) is 0 Å². The van der Waals surface area contributed by atoms with E-state index in [2.05, 4.69) is 5.32 Å². The lowest BCUT2D eigenvalue weighted by molar-refractivity contribution is 0.318. The van der Waals surface area contributed by atoms with Gasteiger partial charge in [-0.2, -0.15) is 0 Å². The molecule has 0 aromatic carbocycles. The standard InChI is InChI=1S/C7H13NO2S/c9-11(10)4-6-1-2-8-3-7(6)5-11/h6-8H,1-5H2/t6-,7-/m1/s1. The molecule has 0 aromatic rings. The summed E-state index contributed by atoms with van der Waals surface area (Å²) < 4.78 is 22.3. The normalized spacial score (nSPS) is 41.8. The van der Waals surface area contributed by atoms with Crippen LogP contribution in [0.5, 0.6) is 0 Å². The maximum Gasteiger partial charge on any atom is 0.150 e. The molecule has 2 saturated heterocycles. The molecule has 3 nitrogen and oxygen atoms in total. The second-order valence-electron chi connectivity index (χ2n) is 3.59. The van der Waals surface area contributed by atoms with E-state index in [0.29, 0.717) is 23.3 Å². The maximum absolute atomic E-state index is 11.2. The van der Waals surface area contributed by atoms with Crippen molar-refractivity contribution < 1.29 is 8.42 Å². The van der Waals surface area contributed by atoms with Crippen molar-refractivity contribution in [1.82, 2.24) is 5.32 Å². The summed E-state index contributed by atoms with van der Waals surface area (Å²) in [6.45, 7) is 1.90. The first kappa shape index (κ1) is 7.55. The SMILES string of the molecule is O=S1(=O)C[C@H]2CCNC[C@@H]2C1. The zero-order valence-electron chi connectivity index (χ0n) is 6.41. The number of sulfone groups is 1. The summed E-state index contributed by atoms with van der Waals surface area (Å²) in [4.78, 5) is 0. The Morgan fingerprint density at radius 3 is 2.64 bits per heavy atom. The molecule has 0 bridgehead atoms. The van der Waals surface area contributed by atoms with Gasteiger partial charge in [-0.05, 0) is 31.3 Å². The first-order valence-electron chi connectivity index (χ1n) is 4.08. The molecule has 0 unspecified atom stereocenters. The van der Waals surface area contributed by atoms with Crippen LogP contribution in [0.15, 0.2) is 0 Å². The highest BCUT2D eigenvalue weighted by molar-refractivity contribution is 7.91. The Labute approximate surface area is 67.1 Å². The van der Waals surface area contributed by atoms with E-state index in [-0.39, 0.29) is 0 Å². The fourth-order valence-electron chi connectivity index (χ4n) is 2.11. The third-order valence-corrected chi connectivity index (χ3v) is 4.57. The minimum atomic E-state index is -2.67. The molecule has 4 heteroatoms. The summed E-state index contributed by atoms with van der Waals surface area (Å²) in [5.74, 6) is 1.74. The first-order chi connectivity index (χ1) is 5.17. The summed E-state index contributed by atoms with van der Waals surface area (Å²) in [7, 11) is -2.67. The molecular weight excluding hydrogens is 162 g/mol. The average Bonchev–Trinajstić information content (AvgIpc) is 2.21. The molecule has 64 valence electrons. The van der Waals surface area contributed by atoms with Gasteiger partial charge in [0.25, 0.3) is 0 Å². The molecule has 0 radical (unpaired) electrons. The van der Waals surface area contributed by atoms with Crippen molar-refractivity contribution in [2.24, 2.45) is 11.8 Å². The van der Waals surface area contributed by atoms with Gasteiger partial charge in [0.05, 0.1) is 11.5 Å². The Hall–Kier alpha value is -0.0900. The minimum absolute atomic E-state index is 0.411. The lowest BCUT2D eigenvalue weighted by Gasteiger charge is -2.23. The molecule has 2 aliphatic heterocycles. The predicted molar refractivity (Wildman–Crippen MR) is 43.1 cm³/mol. The van der Waals surface area contributed by atoms with Gasteiger partial charge < -0.3 is 5.32 Å². The Kier molecular flexibility index (Phi) is 1.68. The quantitative estimate of drug-likeness (QED) is 0.547. The molecule has 2 aliphatic rings. The highest BCUT2D eigenvalue weighted by atomic mass is 32.2. The fraction of sp³-hybridized carbons (Fsp3) is 1.00. The largest absolute Gasteiger partial charge is 0.316 e. The Morgan fingerprint density at radius 2 is 1.91 bits per heavy atom. The van der Waals surface area contributed by atoms with Crippen LogP contribution in [0.1, 0.15) is 6.42 Å². The Balaban J connectivity index is 2.15. The van der Waals surface area contributed by atoms with Crippen molar-refractivity contribution >= 4 is 9.84 Å². The van der Waals surface area contributed by atoms with Crippen molar-refractivity contribution in [1.29, 1.82) is 0 Å². The van der Waals surface area contributed by atoms with E-state index >= 15 is 0 Å². The molecule has 11 heavy (non-hydrogen) atoms. The maximum atomic E-state index is 11.2. The van der Waals surface area contributed by atoms with Crippen LogP contribution >= 0.6 is 0 Å². The number of hydrogen-bond acceptors (Lipinski definition) is 3. The van der Waals surface area contributed by atoms with Gasteiger partial charge in [-0.15, -0.1) is 0 Å². The summed E-state index contributed by atoms with van der Waals surface area (Å²) in [6, 6.07) is 0. The predicted octanol–water partition coefficient (Wildman–Crippen LogP) is -0.360. The van der Waals surface area contributed by atoms with Crippen LogP contribution in [0, 0.1) is 11.8 Å². The van der Waals surface area contributed by atoms with Crippen LogP contribution in [0.2, 0.25) is 0 Å². The topological polar surface area (TPSA) is 46.2 Å². The van der Waals surface area contributed by atoms with Crippen LogP contribution in [0.3, 0.4) is 0 Å². The van der Waals surface area contributed by atoms with E-state index in [1.165, 1.54) is 0 Å². The molecule has 2 rings (SSSR count). The molecule has 0 aromatic heterocycles. The van der Waals surface area contributed by atoms with Crippen LogP contribution in [-0.4, -0.2) is 33.0 Å². The number of hydrogen-bond donors (Lipinski definition) is 1. The number of nitrogens with one attached hydrogen (secondary N) is 1. The monoisotopic (exact) mass is 175 g/mol. The zero-order valence-corrected chi connectivity index (χ0v) is 7.23. The molecule has 0 spiro atoms. The van der Waals surface area contributed by atoms with E-state index in [1.54, 1.807) is 0 Å². The smallest absolute Gasteiger partial charge is 0.150 e. The minimum Gasteiger partial charge on any atom is -0.316 e. The third kappa shape index (κ3) is 1.42. The van der Waals surface area contributed by atoms with Crippen LogP contribution in [0.4, 0.5) is 0 Å². The molecule has 2 fully saturated rings. The van der Waals surface area contributed by atoms with Crippen LogP contribution in [-0.2, 0) is 9.84 Å². The number of fused-ring (bicyclic) bond motifs is 1. The van der Waals surface area contributed by atoms with E-state index in [0.717, 1.165) is 19.5 Å². The lowest BCUT2D eigenvalue weighted by Crippen LogP contribution is -2.35. The summed E-state index contributed by atoms with van der Waals surface area (Å²) in [5, 5.41) is 3.23. The molecule has 2 atom stereocenters. The van der Waals surface area contributed by atoms with Gasteiger partial charge >= 0.3 is 0 Å². The average molecular weight is 175 g/mol. The van der Waals surface area contributed by atoms with Gasteiger partial charge in [0, 0.05) is 0 Å². The van der Waals surface area contributed by atoms with E-state index in [4.69, 9.17) is 0 Å². The summed E-state index contributed by atoms with van der Waals surface area (Å²) in [6.07, 6.45) is 1.05. The lowest BCUT2D eigenvalue weighted by atomic mass is 9.90. The third-order valence-electron chi connectivity index (χ3n) is 2.70. The molecule has 1 N–H and O–H groups in total. The highest BCUT2D eigenvalue weighted by Crippen LogP contribution is 2.29. The van der Waals surface area contributed by atoms with Gasteiger partial charge in [-0.25, -0.2) is 8.42 Å². The zero-order chi connectivity index (χ0) is 7.90. The molecule has 0 aliphatic carbocycles. The van der Waals surface area contributed by atoms with Crippen molar-refractivity contribution in [2.45, 2.75) is 6.42 Å². The van der Waals surface area contributed by atoms with E-state index < -0.39 is 9.84 Å². The van der Waals surface area contributed by atoms with Gasteiger partial charge in [0.15, 0.2) is 9.84 Å². The van der Waals surface area contributed by atoms with Crippen LogP contribution < -0.4 is 5.32 Å². The molecule has 2 heterocycles. The molecule has 0 amide bonds. The van der Waals surface area contributed by atoms with E-state index in [1.807, 2.05) is 0 Å². The summed E-state index contributed by atoms with van der Waals surface area (Å²) >= 11 is 0. The van der Waals surface area contributed by atoms with Crippen molar-refractivity contribution in [3.63, 3.8) is 0 Å². The number of rotatable bonds is 0. The van der Waals surface area contributed by atoms with Gasteiger partial charge in [0.2, 0.25) is 0 Å². The Bertz CT molecular complexity index is 227. The van der Waals surface area contributed by atoms with Gasteiger partial charge in [0.1, 0.15) is 0 Å². The number of piperidine rings is 1. The van der Waals surface area contributed by atoms with Crippen LogP contribution in [0.25, 0.3) is 0 Å². The highest BCUT2D eigenvalue weighted by Gasteiger charge is 2.38. The van der Waals surface area contributed by atoms with Crippen molar-refractivity contribution in [2.75, 3.05) is 24.6 Å². The second kappa shape index (κ2) is 2.45. The second-order valence-corrected chi connectivity index (χ2v) is 5.74. The first-order valence-corrected chi connectivity index (χ1v) is 5.91. The van der Waals surface area contributed by atoms with E-state index in [9.17, 15) is 8.42 Å². The summed E-state index contributed by atoms with van der Waals surface area (Å²) in [5.41, 5.74) is 0. The molecule has 0 saturated carbocycles.